The van der Waals surface area contributed by atoms with Gasteiger partial charge in [0.15, 0.2) is 0 Å². The number of nitro groups is 1. The van der Waals surface area contributed by atoms with Crippen molar-refractivity contribution in [1.29, 1.82) is 0 Å². The van der Waals surface area contributed by atoms with Crippen LogP contribution in [0.5, 0.6) is 0 Å². The van der Waals surface area contributed by atoms with Gasteiger partial charge in [-0.3, -0.25) is 14.9 Å². The van der Waals surface area contributed by atoms with Crippen molar-refractivity contribution in [2.75, 3.05) is 7.05 Å². The van der Waals surface area contributed by atoms with E-state index in [1.54, 1.807) is 0 Å². The summed E-state index contributed by atoms with van der Waals surface area (Å²) in [5.74, 6) is -0.901. The molecule has 1 aliphatic rings. The van der Waals surface area contributed by atoms with E-state index in [2.05, 4.69) is 5.32 Å². The molecule has 1 aromatic rings. The van der Waals surface area contributed by atoms with Gasteiger partial charge in [-0.05, 0) is 6.07 Å². The Balaban J connectivity index is 2.33. The Morgan fingerprint density at radius 2 is 2.28 bits per heavy atom. The average Bonchev–Trinajstić information content (AvgIpc) is 2.65. The molecule has 1 heterocycles. The maximum Gasteiger partial charge on any atom is 0.339 e. The molecule has 0 bridgehead atoms. The SMILES string of the molecule is CNC(=O)C[C@@H]1OC(=O)c2cc([N+](=O)[O-])ccc21. The lowest BCUT2D eigenvalue weighted by Crippen LogP contribution is -2.20. The molecule has 1 aliphatic heterocycles. The van der Waals surface area contributed by atoms with E-state index in [9.17, 15) is 19.7 Å². The fourth-order valence-electron chi connectivity index (χ4n) is 1.79. The molecule has 94 valence electrons. The van der Waals surface area contributed by atoms with Gasteiger partial charge in [0.2, 0.25) is 5.91 Å². The van der Waals surface area contributed by atoms with Crippen molar-refractivity contribution >= 4 is 17.6 Å². The summed E-state index contributed by atoms with van der Waals surface area (Å²) in [7, 11) is 1.48. The summed E-state index contributed by atoms with van der Waals surface area (Å²) in [5, 5.41) is 13.0. The van der Waals surface area contributed by atoms with Gasteiger partial charge in [-0.15, -0.1) is 0 Å². The lowest BCUT2D eigenvalue weighted by Gasteiger charge is -2.08. The second-order valence-electron chi connectivity index (χ2n) is 3.80. The van der Waals surface area contributed by atoms with Gasteiger partial charge < -0.3 is 10.1 Å². The molecule has 1 amide bonds. The number of fused-ring (bicyclic) bond motifs is 1. The predicted octanol–water partition coefficient (Wildman–Crippen LogP) is 0.942. The molecule has 0 saturated heterocycles. The van der Waals surface area contributed by atoms with Gasteiger partial charge in [0.25, 0.3) is 5.69 Å². The summed E-state index contributed by atoms with van der Waals surface area (Å²) >= 11 is 0. The van der Waals surface area contributed by atoms with Gasteiger partial charge >= 0.3 is 5.97 Å². The number of carbonyl (C=O) groups is 2. The summed E-state index contributed by atoms with van der Waals surface area (Å²) in [6.45, 7) is 0. The van der Waals surface area contributed by atoms with Gasteiger partial charge in [-0.25, -0.2) is 4.79 Å². The van der Waals surface area contributed by atoms with E-state index >= 15 is 0 Å². The smallest absolute Gasteiger partial charge is 0.339 e. The van der Waals surface area contributed by atoms with Crippen molar-refractivity contribution in [3.05, 3.63) is 39.4 Å². The van der Waals surface area contributed by atoms with Crippen molar-refractivity contribution in [1.82, 2.24) is 5.32 Å². The Bertz CT molecular complexity index is 540. The highest BCUT2D eigenvalue weighted by atomic mass is 16.6. The first-order valence-electron chi connectivity index (χ1n) is 5.23. The minimum absolute atomic E-state index is 0.00699. The van der Waals surface area contributed by atoms with Crippen molar-refractivity contribution in [2.45, 2.75) is 12.5 Å². The average molecular weight is 250 g/mol. The summed E-state index contributed by atoms with van der Waals surface area (Å²) in [6, 6.07) is 3.91. The lowest BCUT2D eigenvalue weighted by atomic mass is 10.0. The van der Waals surface area contributed by atoms with Gasteiger partial charge in [-0.2, -0.15) is 0 Å². The fourth-order valence-corrected chi connectivity index (χ4v) is 1.79. The van der Waals surface area contributed by atoms with Crippen LogP contribution in [0.25, 0.3) is 0 Å². The number of cyclic esters (lactones) is 1. The van der Waals surface area contributed by atoms with Crippen molar-refractivity contribution < 1.29 is 19.2 Å². The summed E-state index contributed by atoms with van der Waals surface area (Å²) in [5.41, 5.74) is 0.485. The molecule has 0 aromatic heterocycles. The van der Waals surface area contributed by atoms with Gasteiger partial charge in [0.05, 0.1) is 16.9 Å². The highest BCUT2D eigenvalue weighted by Crippen LogP contribution is 2.34. The lowest BCUT2D eigenvalue weighted by molar-refractivity contribution is -0.384. The first-order valence-corrected chi connectivity index (χ1v) is 5.23. The zero-order valence-electron chi connectivity index (χ0n) is 9.50. The van der Waals surface area contributed by atoms with Gasteiger partial charge in [0.1, 0.15) is 6.10 Å². The van der Waals surface area contributed by atoms with Crippen LogP contribution in [-0.2, 0) is 9.53 Å². The molecule has 1 N–H and O–H groups in total. The molecular weight excluding hydrogens is 240 g/mol. The molecule has 0 saturated carbocycles. The topological polar surface area (TPSA) is 98.5 Å². The Morgan fingerprint density at radius 3 is 2.89 bits per heavy atom. The molecule has 7 nitrogen and oxygen atoms in total. The molecule has 0 unspecified atom stereocenters. The largest absolute Gasteiger partial charge is 0.453 e. The van der Waals surface area contributed by atoms with E-state index in [0.717, 1.165) is 0 Å². The summed E-state index contributed by atoms with van der Waals surface area (Å²) in [4.78, 5) is 32.8. The van der Waals surface area contributed by atoms with Gasteiger partial charge in [0, 0.05) is 24.7 Å². The van der Waals surface area contributed by atoms with Crippen LogP contribution in [0, 0.1) is 10.1 Å². The minimum Gasteiger partial charge on any atom is -0.453 e. The van der Waals surface area contributed by atoms with E-state index in [1.165, 1.54) is 25.2 Å². The second kappa shape index (κ2) is 4.44. The number of amides is 1. The first kappa shape index (κ1) is 12.0. The van der Waals surface area contributed by atoms with E-state index < -0.39 is 17.0 Å². The van der Waals surface area contributed by atoms with E-state index in [-0.39, 0.29) is 23.6 Å². The molecule has 0 radical (unpaired) electrons. The molecular formula is C11H10N2O5. The number of hydrogen-bond acceptors (Lipinski definition) is 5. The fraction of sp³-hybridized carbons (Fsp3) is 0.273. The van der Waals surface area contributed by atoms with Crippen LogP contribution in [0.15, 0.2) is 18.2 Å². The standard InChI is InChI=1S/C11H10N2O5/c1-12-10(14)5-9-7-3-2-6(13(16)17)4-8(7)11(15)18-9/h2-4,9H,5H2,1H3,(H,12,14)/t9-/m0/s1. The van der Waals surface area contributed by atoms with E-state index in [0.29, 0.717) is 5.56 Å². The van der Waals surface area contributed by atoms with Crippen molar-refractivity contribution in [3.8, 4) is 0 Å². The van der Waals surface area contributed by atoms with Crippen LogP contribution in [0.4, 0.5) is 5.69 Å². The molecule has 2 rings (SSSR count). The highest BCUT2D eigenvalue weighted by molar-refractivity contribution is 5.95. The highest BCUT2D eigenvalue weighted by Gasteiger charge is 2.33. The summed E-state index contributed by atoms with van der Waals surface area (Å²) in [6.07, 6.45) is -0.666. The number of rotatable bonds is 3. The molecule has 0 spiro atoms. The number of hydrogen-bond donors (Lipinski definition) is 1. The van der Waals surface area contributed by atoms with Crippen LogP contribution < -0.4 is 5.32 Å². The third kappa shape index (κ3) is 2.02. The maximum atomic E-state index is 11.5. The Hall–Kier alpha value is -2.44. The normalized spacial score (nSPS) is 16.9. The quantitative estimate of drug-likeness (QED) is 0.489. The first-order chi connectivity index (χ1) is 8.52. The maximum absolute atomic E-state index is 11.5. The number of carbonyl (C=O) groups excluding carboxylic acids is 2. The number of nitrogens with one attached hydrogen (secondary N) is 1. The molecule has 1 aromatic carbocycles. The zero-order chi connectivity index (χ0) is 13.3. The van der Waals surface area contributed by atoms with Gasteiger partial charge in [-0.1, -0.05) is 0 Å². The molecule has 1 atom stereocenters. The molecule has 0 aliphatic carbocycles. The third-order valence-corrected chi connectivity index (χ3v) is 2.71. The second-order valence-corrected chi connectivity index (χ2v) is 3.80. The number of nitro benzene ring substituents is 1. The van der Waals surface area contributed by atoms with Crippen LogP contribution in [-0.4, -0.2) is 23.8 Å². The molecule has 0 fully saturated rings. The zero-order valence-corrected chi connectivity index (χ0v) is 9.50. The third-order valence-electron chi connectivity index (χ3n) is 2.71. The van der Waals surface area contributed by atoms with Crippen LogP contribution in [0.2, 0.25) is 0 Å². The Morgan fingerprint density at radius 1 is 1.56 bits per heavy atom. The Kier molecular flexibility index (Phi) is 2.97. The van der Waals surface area contributed by atoms with E-state index in [4.69, 9.17) is 4.74 Å². The number of esters is 1. The van der Waals surface area contributed by atoms with Crippen LogP contribution in [0.1, 0.15) is 28.4 Å². The number of ether oxygens (including phenoxy) is 1. The predicted molar refractivity (Wildman–Crippen MR) is 59.9 cm³/mol. The summed E-state index contributed by atoms with van der Waals surface area (Å²) < 4.78 is 5.02. The monoisotopic (exact) mass is 250 g/mol. The van der Waals surface area contributed by atoms with Crippen molar-refractivity contribution in [2.24, 2.45) is 0 Å². The van der Waals surface area contributed by atoms with Crippen LogP contribution >= 0.6 is 0 Å². The molecule has 7 heteroatoms. The van der Waals surface area contributed by atoms with E-state index in [1.807, 2.05) is 0 Å². The van der Waals surface area contributed by atoms with Crippen LogP contribution in [0.3, 0.4) is 0 Å². The number of nitrogens with zero attached hydrogens (tertiary/aromatic N) is 1. The number of non-ortho nitro benzene ring substituents is 1. The Labute approximate surface area is 102 Å². The minimum atomic E-state index is -0.673. The number of benzene rings is 1. The van der Waals surface area contributed by atoms with Crippen molar-refractivity contribution in [3.63, 3.8) is 0 Å². The molecule has 18 heavy (non-hydrogen) atoms.